The smallest absolute Gasteiger partial charge is 0.133 e. The van der Waals surface area contributed by atoms with Crippen molar-refractivity contribution in [3.05, 3.63) is 107 Å². The van der Waals surface area contributed by atoms with E-state index in [1.165, 1.54) is 0 Å². The summed E-state index contributed by atoms with van der Waals surface area (Å²) in [5.74, 6) is 0.436. The van der Waals surface area contributed by atoms with Crippen LogP contribution < -0.4 is 0 Å². The number of nitrogens with zero attached hydrogens (tertiary/aromatic N) is 2. The van der Waals surface area contributed by atoms with Crippen molar-refractivity contribution in [2.24, 2.45) is 0 Å². The van der Waals surface area contributed by atoms with Gasteiger partial charge >= 0.3 is 0 Å². The van der Waals surface area contributed by atoms with E-state index in [1.807, 2.05) is 110 Å². The van der Waals surface area contributed by atoms with Crippen LogP contribution in [-0.2, 0) is 0 Å². The number of thiophene rings is 2. The summed E-state index contributed by atoms with van der Waals surface area (Å²) >= 11 is 3.19. The summed E-state index contributed by atoms with van der Waals surface area (Å²) in [7, 11) is 0. The molecule has 0 unspecified atom stereocenters. The Kier molecular flexibility index (Phi) is 6.27. The van der Waals surface area contributed by atoms with Crippen LogP contribution in [0.3, 0.4) is 0 Å². The maximum Gasteiger partial charge on any atom is 0.133 e. The molecular weight excluding hydrogens is 508 g/mol. The van der Waals surface area contributed by atoms with Gasteiger partial charge in [0, 0.05) is 32.0 Å². The Hall–Kier alpha value is -4.26. The zero-order valence-electron chi connectivity index (χ0n) is 20.8. The highest BCUT2D eigenvalue weighted by atomic mass is 32.1. The van der Waals surface area contributed by atoms with Crippen LogP contribution >= 0.6 is 22.7 Å². The van der Waals surface area contributed by atoms with Crippen molar-refractivity contribution >= 4 is 22.7 Å². The van der Waals surface area contributed by atoms with Crippen LogP contribution in [0, 0.1) is 13.8 Å². The van der Waals surface area contributed by atoms with E-state index in [4.69, 9.17) is 9.97 Å². The molecule has 0 bridgehead atoms. The number of pyridine rings is 2. The van der Waals surface area contributed by atoms with E-state index < -0.39 is 0 Å². The summed E-state index contributed by atoms with van der Waals surface area (Å²) in [5.41, 5.74) is 7.79. The number of hydrogen-bond donors (Lipinski definition) is 2. The molecule has 0 atom stereocenters. The van der Waals surface area contributed by atoms with Crippen LogP contribution in [0.25, 0.3) is 54.8 Å². The highest BCUT2D eigenvalue weighted by Crippen LogP contribution is 2.42. The van der Waals surface area contributed by atoms with Crippen LogP contribution in [0.2, 0.25) is 0 Å². The van der Waals surface area contributed by atoms with Crippen molar-refractivity contribution in [1.29, 1.82) is 0 Å². The minimum atomic E-state index is 0.218. The molecule has 4 heterocycles. The average Bonchev–Trinajstić information content (AvgIpc) is 3.66. The monoisotopic (exact) mass is 532 g/mol. The molecule has 0 radical (unpaired) electrons. The van der Waals surface area contributed by atoms with Gasteiger partial charge in [-0.25, -0.2) is 9.97 Å². The van der Waals surface area contributed by atoms with E-state index in [0.717, 1.165) is 32.0 Å². The first-order valence-corrected chi connectivity index (χ1v) is 13.9. The van der Waals surface area contributed by atoms with Crippen LogP contribution in [0.15, 0.2) is 95.7 Å². The lowest BCUT2D eigenvalue weighted by molar-refractivity contribution is 0.478. The van der Waals surface area contributed by atoms with E-state index in [1.54, 1.807) is 22.7 Å². The average molecular weight is 533 g/mol. The molecule has 6 rings (SSSR count). The molecule has 0 amide bonds. The first kappa shape index (κ1) is 24.1. The fourth-order valence-electron chi connectivity index (χ4n) is 4.64. The third-order valence-electron chi connectivity index (χ3n) is 6.39. The van der Waals surface area contributed by atoms with Gasteiger partial charge in [-0.3, -0.25) is 0 Å². The highest BCUT2D eigenvalue weighted by molar-refractivity contribution is 7.13. The molecule has 2 N–H and O–H groups in total. The fraction of sp³-hybridized carbons (Fsp3) is 0.0625. The van der Waals surface area contributed by atoms with Gasteiger partial charge in [-0.05, 0) is 96.4 Å². The van der Waals surface area contributed by atoms with Gasteiger partial charge in [0.1, 0.15) is 11.5 Å². The number of aryl methyl sites for hydroxylation is 2. The summed E-state index contributed by atoms with van der Waals surface area (Å²) in [5, 5.41) is 26.4. The molecule has 38 heavy (non-hydrogen) atoms. The number of phenolic OH excluding ortho intramolecular Hbond substituents is 2. The third kappa shape index (κ3) is 4.49. The quantitative estimate of drug-likeness (QED) is 0.233. The molecule has 0 spiro atoms. The number of aromatic nitrogens is 2. The van der Waals surface area contributed by atoms with E-state index in [-0.39, 0.29) is 11.5 Å². The van der Waals surface area contributed by atoms with E-state index in [0.29, 0.717) is 33.9 Å². The SMILES string of the molecule is Cc1cc(-c2cccc(-c3cccc(-c4cc(C)cc(-c5cccs5)c4O)n3)n2)c(O)c(-c2cccs2)c1. The van der Waals surface area contributed by atoms with Gasteiger partial charge in [0.15, 0.2) is 0 Å². The largest absolute Gasteiger partial charge is 0.507 e. The molecule has 2 aromatic carbocycles. The summed E-state index contributed by atoms with van der Waals surface area (Å²) in [6.45, 7) is 4.04. The van der Waals surface area contributed by atoms with E-state index in [9.17, 15) is 10.2 Å². The number of aromatic hydroxyl groups is 2. The summed E-state index contributed by atoms with van der Waals surface area (Å²) in [4.78, 5) is 11.8. The van der Waals surface area contributed by atoms with Crippen LogP contribution in [-0.4, -0.2) is 20.2 Å². The zero-order chi connectivity index (χ0) is 26.2. The number of phenols is 2. The van der Waals surface area contributed by atoms with Gasteiger partial charge in [-0.15, -0.1) is 22.7 Å². The third-order valence-corrected chi connectivity index (χ3v) is 8.20. The Labute approximate surface area is 229 Å². The molecule has 0 aliphatic rings. The topological polar surface area (TPSA) is 66.2 Å². The van der Waals surface area contributed by atoms with Crippen molar-refractivity contribution in [2.75, 3.05) is 0 Å². The van der Waals surface area contributed by atoms with Crippen molar-refractivity contribution in [1.82, 2.24) is 9.97 Å². The predicted molar refractivity (Wildman–Crippen MR) is 158 cm³/mol. The second-order valence-electron chi connectivity index (χ2n) is 9.19. The molecule has 4 aromatic heterocycles. The second kappa shape index (κ2) is 9.89. The van der Waals surface area contributed by atoms with Gasteiger partial charge in [0.05, 0.1) is 22.8 Å². The van der Waals surface area contributed by atoms with Crippen LogP contribution in [0.1, 0.15) is 11.1 Å². The number of rotatable bonds is 5. The molecular formula is C32H24N2O2S2. The number of hydrogen-bond acceptors (Lipinski definition) is 6. The van der Waals surface area contributed by atoms with E-state index in [2.05, 4.69) is 0 Å². The summed E-state index contributed by atoms with van der Waals surface area (Å²) in [6, 6.07) is 27.4. The Bertz CT molecular complexity index is 1630. The Balaban J connectivity index is 1.42. The molecule has 186 valence electrons. The first-order valence-electron chi connectivity index (χ1n) is 12.2. The maximum absolute atomic E-state index is 11.2. The van der Waals surface area contributed by atoms with Gasteiger partial charge in [0.2, 0.25) is 0 Å². The van der Waals surface area contributed by atoms with Crippen molar-refractivity contribution in [3.63, 3.8) is 0 Å². The minimum Gasteiger partial charge on any atom is -0.507 e. The molecule has 0 saturated heterocycles. The van der Waals surface area contributed by atoms with Crippen molar-refractivity contribution < 1.29 is 10.2 Å². The summed E-state index contributed by atoms with van der Waals surface area (Å²) in [6.07, 6.45) is 0. The molecule has 6 aromatic rings. The lowest BCUT2D eigenvalue weighted by Crippen LogP contribution is -1.94. The minimum absolute atomic E-state index is 0.218. The summed E-state index contributed by atoms with van der Waals surface area (Å²) < 4.78 is 0. The lowest BCUT2D eigenvalue weighted by Gasteiger charge is -2.13. The van der Waals surface area contributed by atoms with Gasteiger partial charge in [-0.2, -0.15) is 0 Å². The molecule has 6 heteroatoms. The van der Waals surface area contributed by atoms with Crippen molar-refractivity contribution in [2.45, 2.75) is 13.8 Å². The first-order chi connectivity index (χ1) is 18.5. The second-order valence-corrected chi connectivity index (χ2v) is 11.1. The number of benzene rings is 2. The van der Waals surface area contributed by atoms with Crippen molar-refractivity contribution in [3.8, 4) is 66.3 Å². The molecule has 0 aliphatic carbocycles. The van der Waals surface area contributed by atoms with Crippen LogP contribution in [0.5, 0.6) is 11.5 Å². The van der Waals surface area contributed by atoms with Gasteiger partial charge in [0.25, 0.3) is 0 Å². The normalized spacial score (nSPS) is 11.1. The predicted octanol–water partition coefficient (Wildman–Crippen LogP) is 8.96. The van der Waals surface area contributed by atoms with E-state index >= 15 is 0 Å². The van der Waals surface area contributed by atoms with Gasteiger partial charge in [-0.1, -0.05) is 24.3 Å². The standard InChI is InChI=1S/C32H24N2O2S2/c1-19-15-21(31(35)23(17-19)29-11-5-13-37-29)25-7-3-9-27(33-25)28-10-4-8-26(34-28)22-16-20(2)18-24(32(22)36)30-12-6-14-38-30/h3-18,35-36H,1-2H3. The van der Waals surface area contributed by atoms with Crippen LogP contribution in [0.4, 0.5) is 0 Å². The molecule has 0 aliphatic heterocycles. The Morgan fingerprint density at radius 3 is 1.29 bits per heavy atom. The van der Waals surface area contributed by atoms with Gasteiger partial charge < -0.3 is 10.2 Å². The molecule has 0 fully saturated rings. The lowest BCUT2D eigenvalue weighted by atomic mass is 10.00. The maximum atomic E-state index is 11.2. The molecule has 0 saturated carbocycles. The Morgan fingerprint density at radius 1 is 0.500 bits per heavy atom. The Morgan fingerprint density at radius 2 is 0.895 bits per heavy atom. The molecule has 4 nitrogen and oxygen atoms in total. The highest BCUT2D eigenvalue weighted by Gasteiger charge is 2.17. The zero-order valence-corrected chi connectivity index (χ0v) is 22.5. The fourth-order valence-corrected chi connectivity index (χ4v) is 6.13.